The van der Waals surface area contributed by atoms with Crippen LogP contribution in [0.25, 0.3) is 10.8 Å². The molecule has 1 atom stereocenters. The van der Waals surface area contributed by atoms with Crippen LogP contribution in [0.15, 0.2) is 42.5 Å². The van der Waals surface area contributed by atoms with Gasteiger partial charge in [0, 0.05) is 0 Å². The van der Waals surface area contributed by atoms with Gasteiger partial charge in [0.2, 0.25) is 0 Å². The second-order valence-corrected chi connectivity index (χ2v) is 9.18. The molecule has 0 aliphatic carbocycles. The summed E-state index contributed by atoms with van der Waals surface area (Å²) < 4.78 is 0. The number of fused-ring (bicyclic) bond motifs is 1. The number of benzene rings is 2. The summed E-state index contributed by atoms with van der Waals surface area (Å²) in [6.45, 7) is 2.29. The normalized spacial score (nSPS) is 12.1. The summed E-state index contributed by atoms with van der Waals surface area (Å²) >= 11 is 0. The lowest BCUT2D eigenvalue weighted by Crippen LogP contribution is -1.98. The minimum Gasteiger partial charge on any atom is -0.388 e. The quantitative estimate of drug-likeness (QED) is 0.233. The monoisotopic (exact) mass is 427 g/mol. The molecule has 0 fully saturated rings. The topological polar surface area (TPSA) is 55.2 Å². The van der Waals surface area contributed by atoms with E-state index in [1.165, 1.54) is 107 Å². The van der Waals surface area contributed by atoms with E-state index in [2.05, 4.69) is 49.4 Å². The second-order valence-electron chi connectivity index (χ2n) is 9.18. The third-order valence-electron chi connectivity index (χ3n) is 6.51. The van der Waals surface area contributed by atoms with Crippen LogP contribution in [0.1, 0.15) is 128 Å². The van der Waals surface area contributed by atoms with Crippen LogP contribution in [0.3, 0.4) is 0 Å². The molecule has 0 amide bonds. The zero-order valence-electron chi connectivity index (χ0n) is 20.3. The second kappa shape index (κ2) is 18.2. The Bertz CT molecular complexity index is 663. The van der Waals surface area contributed by atoms with Gasteiger partial charge in [-0.25, -0.2) is 0 Å². The van der Waals surface area contributed by atoms with E-state index in [-0.39, 0.29) is 12.3 Å². The molecule has 176 valence electrons. The fourth-order valence-electron chi connectivity index (χ4n) is 4.58. The van der Waals surface area contributed by atoms with Gasteiger partial charge in [0.05, 0.1) is 6.10 Å². The van der Waals surface area contributed by atoms with Crippen LogP contribution >= 0.6 is 0 Å². The third kappa shape index (κ3) is 11.7. The van der Waals surface area contributed by atoms with Crippen molar-refractivity contribution in [3.8, 4) is 0 Å². The summed E-state index contributed by atoms with van der Waals surface area (Å²) in [5.41, 5.74) is 1.09. The van der Waals surface area contributed by atoms with Crippen LogP contribution in [0.2, 0.25) is 0 Å². The van der Waals surface area contributed by atoms with Gasteiger partial charge < -0.3 is 11.3 Å². The molecule has 2 aromatic rings. The Hall–Kier alpha value is -1.38. The Labute approximate surface area is 192 Å². The van der Waals surface area contributed by atoms with Crippen LogP contribution in [-0.4, -0.2) is 5.11 Å². The highest BCUT2D eigenvalue weighted by Gasteiger charge is 2.10. The van der Waals surface area contributed by atoms with Gasteiger partial charge in [-0.3, -0.25) is 0 Å². The lowest BCUT2D eigenvalue weighted by atomic mass is 9.96. The molecule has 0 heterocycles. The Morgan fingerprint density at radius 2 is 1.03 bits per heavy atom. The lowest BCUT2D eigenvalue weighted by molar-refractivity contribution is 0.165. The van der Waals surface area contributed by atoms with Crippen molar-refractivity contribution in [1.82, 2.24) is 6.15 Å². The minimum absolute atomic E-state index is 0. The fraction of sp³-hybridized carbons (Fsp3) is 0.655. The molecular formula is C29H49NO. The lowest BCUT2D eigenvalue weighted by Gasteiger charge is -2.13. The molecule has 2 nitrogen and oxygen atoms in total. The predicted octanol–water partition coefficient (Wildman–Crippen LogP) is 9.69. The summed E-state index contributed by atoms with van der Waals surface area (Å²) in [5, 5.41) is 13.1. The van der Waals surface area contributed by atoms with E-state index >= 15 is 0 Å². The van der Waals surface area contributed by atoms with Crippen molar-refractivity contribution in [3.63, 3.8) is 0 Å². The van der Waals surface area contributed by atoms with Crippen molar-refractivity contribution in [2.45, 2.75) is 122 Å². The van der Waals surface area contributed by atoms with Gasteiger partial charge in [0.25, 0.3) is 0 Å². The standard InChI is InChI=1S/C29H46O.H3N/c1-2-3-4-5-6-7-8-9-10-11-12-13-14-15-16-17-25-29(30)28-24-20-22-26-21-18-19-23-27(26)28;/h18-24,29-30H,2-17,25H2,1H3;1H3. The molecule has 4 N–H and O–H groups in total. The summed E-state index contributed by atoms with van der Waals surface area (Å²) in [4.78, 5) is 0. The maximum atomic E-state index is 10.6. The number of rotatable bonds is 18. The number of hydrogen-bond donors (Lipinski definition) is 2. The maximum Gasteiger partial charge on any atom is 0.0796 e. The van der Waals surface area contributed by atoms with Crippen LogP contribution < -0.4 is 6.15 Å². The molecule has 2 rings (SSSR count). The largest absolute Gasteiger partial charge is 0.388 e. The molecule has 2 aromatic carbocycles. The van der Waals surface area contributed by atoms with E-state index in [1.54, 1.807) is 0 Å². The molecule has 0 aliphatic rings. The molecule has 0 saturated carbocycles. The summed E-state index contributed by atoms with van der Waals surface area (Å²) in [7, 11) is 0. The van der Waals surface area contributed by atoms with Gasteiger partial charge in [-0.1, -0.05) is 152 Å². The smallest absolute Gasteiger partial charge is 0.0796 e. The van der Waals surface area contributed by atoms with E-state index in [9.17, 15) is 5.11 Å². The van der Waals surface area contributed by atoms with Crippen LogP contribution in [-0.2, 0) is 0 Å². The van der Waals surface area contributed by atoms with Gasteiger partial charge in [-0.05, 0) is 22.8 Å². The Kier molecular flexibility index (Phi) is 16.3. The van der Waals surface area contributed by atoms with Gasteiger partial charge in [-0.2, -0.15) is 0 Å². The predicted molar refractivity (Wildman–Crippen MR) is 138 cm³/mol. The van der Waals surface area contributed by atoms with E-state index in [1.807, 2.05) is 0 Å². The molecule has 0 spiro atoms. The highest BCUT2D eigenvalue weighted by molar-refractivity contribution is 5.85. The zero-order valence-corrected chi connectivity index (χ0v) is 20.3. The highest BCUT2D eigenvalue weighted by Crippen LogP contribution is 2.27. The SMILES string of the molecule is CCCCCCCCCCCCCCCCCCC(O)c1cccc2ccccc12.N. The van der Waals surface area contributed by atoms with Crippen LogP contribution in [0, 0.1) is 0 Å². The van der Waals surface area contributed by atoms with E-state index in [0.717, 1.165) is 18.4 Å². The molecule has 0 bridgehead atoms. The highest BCUT2D eigenvalue weighted by atomic mass is 16.3. The van der Waals surface area contributed by atoms with Gasteiger partial charge >= 0.3 is 0 Å². The number of hydrogen-bond acceptors (Lipinski definition) is 2. The average Bonchev–Trinajstić information content (AvgIpc) is 2.78. The third-order valence-corrected chi connectivity index (χ3v) is 6.51. The van der Waals surface area contributed by atoms with E-state index in [4.69, 9.17) is 0 Å². The molecule has 0 radical (unpaired) electrons. The van der Waals surface area contributed by atoms with Gasteiger partial charge in [0.15, 0.2) is 0 Å². The number of aliphatic hydroxyl groups is 1. The first kappa shape index (κ1) is 27.7. The first-order chi connectivity index (χ1) is 14.8. The van der Waals surface area contributed by atoms with Crippen molar-refractivity contribution >= 4 is 10.8 Å². The van der Waals surface area contributed by atoms with Crippen molar-refractivity contribution in [3.05, 3.63) is 48.0 Å². The van der Waals surface area contributed by atoms with E-state index in [0.29, 0.717) is 0 Å². The maximum absolute atomic E-state index is 10.6. The van der Waals surface area contributed by atoms with Crippen molar-refractivity contribution in [1.29, 1.82) is 0 Å². The first-order valence-corrected chi connectivity index (χ1v) is 13.0. The molecule has 2 heteroatoms. The fourth-order valence-corrected chi connectivity index (χ4v) is 4.58. The summed E-state index contributed by atoms with van der Waals surface area (Å²) in [6.07, 6.45) is 22.7. The Balaban J connectivity index is 0.00000480. The van der Waals surface area contributed by atoms with Crippen molar-refractivity contribution in [2.75, 3.05) is 0 Å². The van der Waals surface area contributed by atoms with Crippen LogP contribution in [0.4, 0.5) is 0 Å². The van der Waals surface area contributed by atoms with Crippen molar-refractivity contribution in [2.24, 2.45) is 0 Å². The Morgan fingerprint density at radius 3 is 1.58 bits per heavy atom. The van der Waals surface area contributed by atoms with Gasteiger partial charge in [-0.15, -0.1) is 0 Å². The van der Waals surface area contributed by atoms with Gasteiger partial charge in [0.1, 0.15) is 0 Å². The Morgan fingerprint density at radius 1 is 0.581 bits per heavy atom. The van der Waals surface area contributed by atoms with Crippen LogP contribution in [0.5, 0.6) is 0 Å². The number of aliphatic hydroxyl groups excluding tert-OH is 1. The molecule has 0 aromatic heterocycles. The first-order valence-electron chi connectivity index (χ1n) is 13.0. The zero-order chi connectivity index (χ0) is 21.3. The molecule has 31 heavy (non-hydrogen) atoms. The van der Waals surface area contributed by atoms with Crippen molar-refractivity contribution < 1.29 is 5.11 Å². The molecule has 1 unspecified atom stereocenters. The van der Waals surface area contributed by atoms with E-state index < -0.39 is 0 Å². The number of unbranched alkanes of at least 4 members (excludes halogenated alkanes) is 15. The molecule has 0 aliphatic heterocycles. The minimum atomic E-state index is -0.331. The summed E-state index contributed by atoms with van der Waals surface area (Å²) in [6, 6.07) is 14.6. The average molecular weight is 428 g/mol. The molecule has 0 saturated heterocycles. The molecular weight excluding hydrogens is 378 g/mol. The summed E-state index contributed by atoms with van der Waals surface area (Å²) in [5.74, 6) is 0.